The Morgan fingerprint density at radius 3 is 2.10 bits per heavy atom. The molecule has 0 aromatic heterocycles. The lowest BCUT2D eigenvalue weighted by molar-refractivity contribution is -0.150. The highest BCUT2D eigenvalue weighted by Gasteiger charge is 2.24. The summed E-state index contributed by atoms with van der Waals surface area (Å²) in [4.78, 5) is 31.9. The van der Waals surface area contributed by atoms with E-state index in [1.165, 1.54) is 0 Å². The van der Waals surface area contributed by atoms with Crippen LogP contribution in [0, 0.1) is 0 Å². The molecule has 0 aromatic rings. The van der Waals surface area contributed by atoms with Crippen LogP contribution in [-0.2, 0) is 14.4 Å². The standard InChI is InChI=1S/C5H6N2O3/c8-3-7-4(9)1-6-2-5(7)10/h3,6H,1-2H2. The van der Waals surface area contributed by atoms with Gasteiger partial charge < -0.3 is 0 Å². The number of piperazine rings is 1. The van der Waals surface area contributed by atoms with Crippen LogP contribution in [0.25, 0.3) is 0 Å². The van der Waals surface area contributed by atoms with Gasteiger partial charge in [0.2, 0.25) is 18.2 Å². The first-order valence-corrected chi connectivity index (χ1v) is 2.76. The molecule has 1 N–H and O–H groups in total. The Labute approximate surface area is 57.0 Å². The molecule has 0 unspecified atom stereocenters. The Kier molecular flexibility index (Phi) is 1.77. The molecule has 3 amide bonds. The van der Waals surface area contributed by atoms with E-state index in [-0.39, 0.29) is 19.5 Å². The number of carbonyl (C=O) groups is 3. The third kappa shape index (κ3) is 1.03. The Balaban J connectivity index is 2.71. The van der Waals surface area contributed by atoms with Gasteiger partial charge in [0, 0.05) is 0 Å². The monoisotopic (exact) mass is 142 g/mol. The van der Waals surface area contributed by atoms with Crippen molar-refractivity contribution in [3.8, 4) is 0 Å². The zero-order valence-corrected chi connectivity index (χ0v) is 5.16. The molecule has 0 saturated carbocycles. The van der Waals surface area contributed by atoms with Gasteiger partial charge in [-0.3, -0.25) is 19.7 Å². The maximum Gasteiger partial charge on any atom is 0.249 e. The zero-order chi connectivity index (χ0) is 7.56. The third-order valence-electron chi connectivity index (χ3n) is 1.20. The normalized spacial score (nSPS) is 19.4. The van der Waals surface area contributed by atoms with Crippen molar-refractivity contribution in [2.45, 2.75) is 0 Å². The molecule has 5 heteroatoms. The third-order valence-corrected chi connectivity index (χ3v) is 1.20. The van der Waals surface area contributed by atoms with Gasteiger partial charge in [0.15, 0.2) is 0 Å². The van der Waals surface area contributed by atoms with Crippen molar-refractivity contribution >= 4 is 18.2 Å². The van der Waals surface area contributed by atoms with Crippen molar-refractivity contribution in [2.75, 3.05) is 13.1 Å². The van der Waals surface area contributed by atoms with Gasteiger partial charge in [-0.25, -0.2) is 4.90 Å². The smallest absolute Gasteiger partial charge is 0.249 e. The fourth-order valence-electron chi connectivity index (χ4n) is 0.703. The lowest BCUT2D eigenvalue weighted by atomic mass is 10.4. The van der Waals surface area contributed by atoms with E-state index in [9.17, 15) is 14.4 Å². The van der Waals surface area contributed by atoms with Crippen molar-refractivity contribution in [3.63, 3.8) is 0 Å². The maximum absolute atomic E-state index is 10.6. The number of nitrogens with one attached hydrogen (secondary N) is 1. The molecule has 1 fully saturated rings. The van der Waals surface area contributed by atoms with E-state index in [0.717, 1.165) is 0 Å². The topological polar surface area (TPSA) is 66.5 Å². The van der Waals surface area contributed by atoms with Crippen molar-refractivity contribution in [2.24, 2.45) is 0 Å². The van der Waals surface area contributed by atoms with E-state index in [1.54, 1.807) is 0 Å². The van der Waals surface area contributed by atoms with Crippen LogP contribution in [0.1, 0.15) is 0 Å². The Hall–Kier alpha value is -1.23. The predicted octanol–water partition coefficient (Wildman–Crippen LogP) is -1.90. The number of carbonyl (C=O) groups excluding carboxylic acids is 3. The minimum atomic E-state index is -0.494. The van der Waals surface area contributed by atoms with E-state index in [0.29, 0.717) is 4.90 Å². The molecule has 1 aliphatic rings. The highest BCUT2D eigenvalue weighted by molar-refractivity contribution is 6.07. The number of imide groups is 3. The Morgan fingerprint density at radius 1 is 1.30 bits per heavy atom. The molecule has 1 rings (SSSR count). The van der Waals surface area contributed by atoms with Crippen LogP contribution in [0.4, 0.5) is 0 Å². The average Bonchev–Trinajstić information content (AvgIpc) is 1.88. The molecule has 10 heavy (non-hydrogen) atoms. The van der Waals surface area contributed by atoms with Gasteiger partial charge in [0.25, 0.3) is 0 Å². The SMILES string of the molecule is O=CN1C(=O)CNCC1=O. The van der Waals surface area contributed by atoms with Gasteiger partial charge in [-0.05, 0) is 0 Å². The largest absolute Gasteiger partial charge is 0.300 e. The summed E-state index contributed by atoms with van der Waals surface area (Å²) < 4.78 is 0. The summed E-state index contributed by atoms with van der Waals surface area (Å²) in [5, 5.41) is 2.55. The van der Waals surface area contributed by atoms with Gasteiger partial charge in [-0.2, -0.15) is 0 Å². The van der Waals surface area contributed by atoms with Gasteiger partial charge in [-0.1, -0.05) is 0 Å². The summed E-state index contributed by atoms with van der Waals surface area (Å²) in [5.41, 5.74) is 0. The number of rotatable bonds is 1. The Bertz CT molecular complexity index is 173. The van der Waals surface area contributed by atoms with Crippen LogP contribution in [0.2, 0.25) is 0 Å². The van der Waals surface area contributed by atoms with E-state index in [4.69, 9.17) is 0 Å². The van der Waals surface area contributed by atoms with Crippen LogP contribution >= 0.6 is 0 Å². The van der Waals surface area contributed by atoms with Crippen LogP contribution in [0.3, 0.4) is 0 Å². The van der Waals surface area contributed by atoms with Crippen LogP contribution < -0.4 is 5.32 Å². The van der Waals surface area contributed by atoms with E-state index < -0.39 is 11.8 Å². The second-order valence-corrected chi connectivity index (χ2v) is 1.87. The number of hydrogen-bond donors (Lipinski definition) is 1. The van der Waals surface area contributed by atoms with Crippen molar-refractivity contribution in [3.05, 3.63) is 0 Å². The van der Waals surface area contributed by atoms with Crippen molar-refractivity contribution in [1.29, 1.82) is 0 Å². The molecular weight excluding hydrogens is 136 g/mol. The van der Waals surface area contributed by atoms with Gasteiger partial charge in [0.1, 0.15) is 0 Å². The molecule has 5 nitrogen and oxygen atoms in total. The molecule has 0 aromatic carbocycles. The number of hydrogen-bond acceptors (Lipinski definition) is 4. The van der Waals surface area contributed by atoms with Crippen LogP contribution in [0.15, 0.2) is 0 Å². The van der Waals surface area contributed by atoms with E-state index >= 15 is 0 Å². The molecule has 54 valence electrons. The molecular formula is C5H6N2O3. The summed E-state index contributed by atoms with van der Waals surface area (Å²) in [6.07, 6.45) is 0.242. The second kappa shape index (κ2) is 2.57. The number of amides is 3. The lowest BCUT2D eigenvalue weighted by Crippen LogP contribution is -2.51. The lowest BCUT2D eigenvalue weighted by Gasteiger charge is -2.18. The molecule has 0 radical (unpaired) electrons. The number of nitrogens with zero attached hydrogens (tertiary/aromatic N) is 1. The predicted molar refractivity (Wildman–Crippen MR) is 30.8 cm³/mol. The van der Waals surface area contributed by atoms with Crippen LogP contribution in [0.5, 0.6) is 0 Å². The molecule has 1 saturated heterocycles. The van der Waals surface area contributed by atoms with E-state index in [1.807, 2.05) is 0 Å². The first-order chi connectivity index (χ1) is 4.75. The average molecular weight is 142 g/mol. The van der Waals surface area contributed by atoms with E-state index in [2.05, 4.69) is 5.32 Å². The zero-order valence-electron chi connectivity index (χ0n) is 5.16. The first-order valence-electron chi connectivity index (χ1n) is 2.76. The highest BCUT2D eigenvalue weighted by Crippen LogP contribution is 1.90. The summed E-state index contributed by atoms with van der Waals surface area (Å²) in [7, 11) is 0. The fraction of sp³-hybridized carbons (Fsp3) is 0.400. The quantitative estimate of drug-likeness (QED) is 0.343. The molecule has 1 heterocycles. The van der Waals surface area contributed by atoms with Crippen molar-refractivity contribution in [1.82, 2.24) is 10.2 Å². The molecule has 0 spiro atoms. The molecule has 1 aliphatic heterocycles. The summed E-state index contributed by atoms with van der Waals surface area (Å²) in [6, 6.07) is 0. The summed E-state index contributed by atoms with van der Waals surface area (Å²) >= 11 is 0. The molecule has 0 aliphatic carbocycles. The van der Waals surface area contributed by atoms with Gasteiger partial charge in [-0.15, -0.1) is 0 Å². The summed E-state index contributed by atoms with van der Waals surface area (Å²) in [6.45, 7) is 0.120. The van der Waals surface area contributed by atoms with Crippen LogP contribution in [-0.4, -0.2) is 36.2 Å². The molecule has 0 atom stereocenters. The molecule has 0 bridgehead atoms. The fourth-order valence-corrected chi connectivity index (χ4v) is 0.703. The van der Waals surface area contributed by atoms with Crippen molar-refractivity contribution < 1.29 is 14.4 Å². The first kappa shape index (κ1) is 6.88. The minimum absolute atomic E-state index is 0.0600. The maximum atomic E-state index is 10.6. The Morgan fingerprint density at radius 2 is 1.80 bits per heavy atom. The highest BCUT2D eigenvalue weighted by atomic mass is 16.2. The minimum Gasteiger partial charge on any atom is -0.300 e. The summed E-state index contributed by atoms with van der Waals surface area (Å²) in [5.74, 6) is -0.988. The van der Waals surface area contributed by atoms with Gasteiger partial charge >= 0.3 is 0 Å². The van der Waals surface area contributed by atoms with Gasteiger partial charge in [0.05, 0.1) is 13.1 Å². The second-order valence-electron chi connectivity index (χ2n) is 1.87.